The lowest BCUT2D eigenvalue weighted by Crippen LogP contribution is -2.23. The largest absolute Gasteiger partial charge is 0.495 e. The van der Waals surface area contributed by atoms with E-state index < -0.39 is 0 Å². The van der Waals surface area contributed by atoms with Crippen molar-refractivity contribution in [2.24, 2.45) is 5.92 Å². The van der Waals surface area contributed by atoms with Crippen molar-refractivity contribution in [1.29, 1.82) is 0 Å². The third-order valence-electron chi connectivity index (χ3n) is 3.36. The number of hydrogen-bond donors (Lipinski definition) is 1. The van der Waals surface area contributed by atoms with Gasteiger partial charge in [-0.1, -0.05) is 31.9 Å². The summed E-state index contributed by atoms with van der Waals surface area (Å²) < 4.78 is 5.35. The SMILES string of the molecule is CCC(C)C(C)Nc1cc(C)c(Cl)cc1OC. The molecular formula is C14H22ClNO. The monoisotopic (exact) mass is 255 g/mol. The Balaban J connectivity index is 2.93. The lowest BCUT2D eigenvalue weighted by atomic mass is 10.0. The summed E-state index contributed by atoms with van der Waals surface area (Å²) in [6, 6.07) is 4.32. The second-order valence-corrected chi connectivity index (χ2v) is 5.03. The molecule has 3 heteroatoms. The van der Waals surface area contributed by atoms with E-state index >= 15 is 0 Å². The van der Waals surface area contributed by atoms with Crippen molar-refractivity contribution in [3.63, 3.8) is 0 Å². The van der Waals surface area contributed by atoms with Gasteiger partial charge < -0.3 is 10.1 Å². The fraction of sp³-hybridized carbons (Fsp3) is 0.571. The zero-order valence-corrected chi connectivity index (χ0v) is 12.1. The second kappa shape index (κ2) is 6.15. The van der Waals surface area contributed by atoms with Crippen LogP contribution in [0.3, 0.4) is 0 Å². The molecule has 0 saturated heterocycles. The van der Waals surface area contributed by atoms with Gasteiger partial charge in [-0.2, -0.15) is 0 Å². The van der Waals surface area contributed by atoms with Gasteiger partial charge in [0.15, 0.2) is 0 Å². The zero-order valence-electron chi connectivity index (χ0n) is 11.3. The number of aryl methyl sites for hydroxylation is 1. The van der Waals surface area contributed by atoms with E-state index in [1.807, 2.05) is 19.1 Å². The number of benzene rings is 1. The topological polar surface area (TPSA) is 21.3 Å². The zero-order chi connectivity index (χ0) is 13.0. The molecule has 0 amide bonds. The van der Waals surface area contributed by atoms with Crippen LogP contribution in [0.5, 0.6) is 5.75 Å². The van der Waals surface area contributed by atoms with Gasteiger partial charge >= 0.3 is 0 Å². The summed E-state index contributed by atoms with van der Waals surface area (Å²) in [6.45, 7) is 8.64. The molecule has 0 heterocycles. The van der Waals surface area contributed by atoms with Crippen LogP contribution < -0.4 is 10.1 Å². The average Bonchev–Trinajstić information content (AvgIpc) is 2.32. The van der Waals surface area contributed by atoms with E-state index in [0.29, 0.717) is 12.0 Å². The Bertz CT molecular complexity index is 379. The van der Waals surface area contributed by atoms with E-state index in [0.717, 1.165) is 28.4 Å². The van der Waals surface area contributed by atoms with Crippen molar-refractivity contribution in [3.05, 3.63) is 22.7 Å². The number of halogens is 1. The summed E-state index contributed by atoms with van der Waals surface area (Å²) in [5.74, 6) is 1.42. The molecule has 0 aliphatic rings. The molecule has 0 saturated carbocycles. The Labute approximate surface area is 109 Å². The first-order valence-electron chi connectivity index (χ1n) is 6.10. The van der Waals surface area contributed by atoms with Crippen LogP contribution in [0, 0.1) is 12.8 Å². The van der Waals surface area contributed by atoms with E-state index in [9.17, 15) is 0 Å². The molecule has 1 aromatic carbocycles. The lowest BCUT2D eigenvalue weighted by Gasteiger charge is -2.23. The maximum Gasteiger partial charge on any atom is 0.143 e. The van der Waals surface area contributed by atoms with Crippen LogP contribution in [0.4, 0.5) is 5.69 Å². The molecule has 0 fully saturated rings. The van der Waals surface area contributed by atoms with E-state index in [2.05, 4.69) is 26.1 Å². The molecule has 0 aromatic heterocycles. The number of hydrogen-bond acceptors (Lipinski definition) is 2. The molecule has 0 radical (unpaired) electrons. The Hall–Kier alpha value is -0.890. The molecule has 1 aromatic rings. The van der Waals surface area contributed by atoms with E-state index in [4.69, 9.17) is 16.3 Å². The number of anilines is 1. The van der Waals surface area contributed by atoms with Crippen molar-refractivity contribution in [2.75, 3.05) is 12.4 Å². The van der Waals surface area contributed by atoms with Crippen molar-refractivity contribution >= 4 is 17.3 Å². The molecule has 1 rings (SSSR count). The highest BCUT2D eigenvalue weighted by Crippen LogP contribution is 2.32. The molecule has 0 aliphatic heterocycles. The fourth-order valence-corrected chi connectivity index (χ4v) is 1.84. The Morgan fingerprint density at radius 2 is 2.00 bits per heavy atom. The van der Waals surface area contributed by atoms with Crippen molar-refractivity contribution in [1.82, 2.24) is 0 Å². The first-order valence-corrected chi connectivity index (χ1v) is 6.48. The third kappa shape index (κ3) is 3.53. The summed E-state index contributed by atoms with van der Waals surface area (Å²) in [7, 11) is 1.67. The number of rotatable bonds is 5. The average molecular weight is 256 g/mol. The number of ether oxygens (including phenoxy) is 1. The molecule has 0 aliphatic carbocycles. The molecule has 2 atom stereocenters. The maximum absolute atomic E-state index is 6.08. The smallest absolute Gasteiger partial charge is 0.143 e. The summed E-state index contributed by atoms with van der Waals surface area (Å²) in [4.78, 5) is 0. The highest BCUT2D eigenvalue weighted by atomic mass is 35.5. The van der Waals surface area contributed by atoms with Crippen LogP contribution in [-0.4, -0.2) is 13.2 Å². The highest BCUT2D eigenvalue weighted by molar-refractivity contribution is 6.31. The second-order valence-electron chi connectivity index (χ2n) is 4.62. The Morgan fingerprint density at radius 3 is 2.53 bits per heavy atom. The van der Waals surface area contributed by atoms with Crippen LogP contribution >= 0.6 is 11.6 Å². The highest BCUT2D eigenvalue weighted by Gasteiger charge is 2.13. The van der Waals surface area contributed by atoms with Gasteiger partial charge in [0.25, 0.3) is 0 Å². The van der Waals surface area contributed by atoms with Crippen LogP contribution in [-0.2, 0) is 0 Å². The first kappa shape index (κ1) is 14.2. The summed E-state index contributed by atoms with van der Waals surface area (Å²) in [6.07, 6.45) is 1.16. The minimum absolute atomic E-state index is 0.412. The molecule has 96 valence electrons. The predicted molar refractivity (Wildman–Crippen MR) is 75.3 cm³/mol. The van der Waals surface area contributed by atoms with Gasteiger partial charge in [0.05, 0.1) is 12.8 Å². The van der Waals surface area contributed by atoms with Crippen molar-refractivity contribution < 1.29 is 4.74 Å². The maximum atomic E-state index is 6.08. The van der Waals surface area contributed by atoms with Gasteiger partial charge in [-0.25, -0.2) is 0 Å². The minimum atomic E-state index is 0.412. The predicted octanol–water partition coefficient (Wildman–Crippen LogP) is 4.50. The van der Waals surface area contributed by atoms with E-state index in [-0.39, 0.29) is 0 Å². The Morgan fingerprint density at radius 1 is 1.35 bits per heavy atom. The van der Waals surface area contributed by atoms with Gasteiger partial charge in [-0.15, -0.1) is 0 Å². The van der Waals surface area contributed by atoms with Crippen molar-refractivity contribution in [3.8, 4) is 5.75 Å². The van der Waals surface area contributed by atoms with E-state index in [1.54, 1.807) is 7.11 Å². The number of methoxy groups -OCH3 is 1. The molecule has 0 spiro atoms. The van der Waals surface area contributed by atoms with E-state index in [1.165, 1.54) is 0 Å². The summed E-state index contributed by atoms with van der Waals surface area (Å²) in [5.41, 5.74) is 2.08. The van der Waals surface area contributed by atoms with Crippen LogP contribution in [0.1, 0.15) is 32.8 Å². The van der Waals surface area contributed by atoms with Gasteiger partial charge in [-0.3, -0.25) is 0 Å². The molecule has 1 N–H and O–H groups in total. The molecule has 0 bridgehead atoms. The first-order chi connectivity index (χ1) is 7.99. The van der Waals surface area contributed by atoms with Gasteiger partial charge in [-0.05, 0) is 31.4 Å². The molecule has 17 heavy (non-hydrogen) atoms. The van der Waals surface area contributed by atoms with Gasteiger partial charge in [0.2, 0.25) is 0 Å². The van der Waals surface area contributed by atoms with Crippen LogP contribution in [0.2, 0.25) is 5.02 Å². The van der Waals surface area contributed by atoms with Gasteiger partial charge in [0.1, 0.15) is 5.75 Å². The third-order valence-corrected chi connectivity index (χ3v) is 3.77. The number of nitrogens with one attached hydrogen (secondary N) is 1. The summed E-state index contributed by atoms with van der Waals surface area (Å²) >= 11 is 6.08. The summed E-state index contributed by atoms with van der Waals surface area (Å²) in [5, 5.41) is 4.24. The Kier molecular flexibility index (Phi) is 5.13. The minimum Gasteiger partial charge on any atom is -0.495 e. The van der Waals surface area contributed by atoms with Crippen molar-refractivity contribution in [2.45, 2.75) is 40.2 Å². The standard InChI is InChI=1S/C14H22ClNO/c1-6-9(2)11(4)16-13-7-10(3)12(15)8-14(13)17-5/h7-9,11,16H,6H2,1-5H3. The lowest BCUT2D eigenvalue weighted by molar-refractivity contribution is 0.414. The van der Waals surface area contributed by atoms with Crippen LogP contribution in [0.15, 0.2) is 12.1 Å². The fourth-order valence-electron chi connectivity index (χ4n) is 1.69. The van der Waals surface area contributed by atoms with Gasteiger partial charge in [0, 0.05) is 17.1 Å². The molecular weight excluding hydrogens is 234 g/mol. The normalized spacial score (nSPS) is 14.2. The quantitative estimate of drug-likeness (QED) is 0.836. The molecule has 2 nitrogen and oxygen atoms in total. The van der Waals surface area contributed by atoms with Crippen LogP contribution in [0.25, 0.3) is 0 Å². The molecule has 2 unspecified atom stereocenters.